The van der Waals surface area contributed by atoms with Gasteiger partial charge in [-0.05, 0) is 35.6 Å². The zero-order valence-electron chi connectivity index (χ0n) is 13.6. The molecule has 2 heteroatoms. The summed E-state index contributed by atoms with van der Waals surface area (Å²) >= 11 is 5.94. The van der Waals surface area contributed by atoms with Gasteiger partial charge in [0.1, 0.15) is 12.4 Å². The van der Waals surface area contributed by atoms with Crippen LogP contribution in [0.1, 0.15) is 22.3 Å². The molecular weight excluding hydrogens is 316 g/mol. The van der Waals surface area contributed by atoms with Crippen LogP contribution in [0.25, 0.3) is 0 Å². The number of aryl methyl sites for hydroxylation is 2. The van der Waals surface area contributed by atoms with Crippen LogP contribution in [0.15, 0.2) is 78.9 Å². The van der Waals surface area contributed by atoms with Gasteiger partial charge in [0, 0.05) is 5.56 Å². The zero-order valence-corrected chi connectivity index (χ0v) is 14.4. The quantitative estimate of drug-likeness (QED) is 0.496. The number of ether oxygens (including phenoxy) is 1. The topological polar surface area (TPSA) is 9.23 Å². The molecule has 0 unspecified atom stereocenters. The van der Waals surface area contributed by atoms with Crippen LogP contribution in [0.3, 0.4) is 0 Å². The van der Waals surface area contributed by atoms with Gasteiger partial charge in [0.25, 0.3) is 0 Å². The molecule has 0 N–H and O–H groups in total. The molecule has 0 aliphatic carbocycles. The molecule has 0 amide bonds. The molecule has 0 radical (unpaired) electrons. The van der Waals surface area contributed by atoms with Crippen molar-refractivity contribution >= 4 is 11.6 Å². The maximum atomic E-state index is 5.94. The first kappa shape index (κ1) is 16.6. The number of benzene rings is 3. The van der Waals surface area contributed by atoms with Crippen molar-refractivity contribution in [2.24, 2.45) is 0 Å². The highest BCUT2D eigenvalue weighted by Crippen LogP contribution is 2.21. The molecule has 0 atom stereocenters. The Hall–Kier alpha value is -2.25. The van der Waals surface area contributed by atoms with E-state index in [4.69, 9.17) is 16.3 Å². The van der Waals surface area contributed by atoms with E-state index in [1.54, 1.807) is 0 Å². The normalized spacial score (nSPS) is 10.5. The van der Waals surface area contributed by atoms with E-state index in [1.807, 2.05) is 24.3 Å². The van der Waals surface area contributed by atoms with Gasteiger partial charge in [-0.1, -0.05) is 72.8 Å². The van der Waals surface area contributed by atoms with Crippen molar-refractivity contribution in [1.29, 1.82) is 0 Å². The van der Waals surface area contributed by atoms with Crippen LogP contribution in [-0.2, 0) is 25.3 Å². The summed E-state index contributed by atoms with van der Waals surface area (Å²) in [6, 6.07) is 27.2. The predicted octanol–water partition coefficient (Wildman–Crippen LogP) is 5.79. The van der Waals surface area contributed by atoms with Crippen molar-refractivity contribution in [1.82, 2.24) is 0 Å². The second-order valence-electron chi connectivity index (χ2n) is 5.83. The average molecular weight is 337 g/mol. The minimum Gasteiger partial charge on any atom is -0.489 e. The third-order valence-corrected chi connectivity index (χ3v) is 4.37. The lowest BCUT2D eigenvalue weighted by molar-refractivity contribution is 0.304. The second-order valence-corrected chi connectivity index (χ2v) is 6.10. The number of para-hydroxylation sites is 1. The lowest BCUT2D eigenvalue weighted by Crippen LogP contribution is -1.98. The summed E-state index contributed by atoms with van der Waals surface area (Å²) < 4.78 is 5.90. The van der Waals surface area contributed by atoms with Crippen LogP contribution in [-0.4, -0.2) is 0 Å². The Morgan fingerprint density at radius 3 is 1.92 bits per heavy atom. The van der Waals surface area contributed by atoms with Crippen molar-refractivity contribution in [3.63, 3.8) is 0 Å². The summed E-state index contributed by atoms with van der Waals surface area (Å²) in [4.78, 5) is 0. The molecule has 3 aromatic carbocycles. The molecule has 24 heavy (non-hydrogen) atoms. The fourth-order valence-electron chi connectivity index (χ4n) is 2.65. The van der Waals surface area contributed by atoms with Gasteiger partial charge in [-0.3, -0.25) is 0 Å². The summed E-state index contributed by atoms with van der Waals surface area (Å²) in [5, 5.41) is 0. The zero-order chi connectivity index (χ0) is 16.6. The molecule has 122 valence electrons. The highest BCUT2D eigenvalue weighted by molar-refractivity contribution is 6.17. The van der Waals surface area contributed by atoms with Crippen molar-refractivity contribution in [2.45, 2.75) is 25.3 Å². The third-order valence-electron chi connectivity index (χ3n) is 4.08. The standard InChI is InChI=1S/C22H21ClO/c23-16-21-8-4-5-9-22(21)24-17-20-14-12-19(13-15-20)11-10-18-6-2-1-3-7-18/h1-9,12-15H,10-11,16-17H2. The van der Waals surface area contributed by atoms with E-state index < -0.39 is 0 Å². The fourth-order valence-corrected chi connectivity index (χ4v) is 2.87. The largest absolute Gasteiger partial charge is 0.489 e. The molecule has 0 fully saturated rings. The molecule has 0 bridgehead atoms. The van der Waals surface area contributed by atoms with Crippen LogP contribution in [0.4, 0.5) is 0 Å². The summed E-state index contributed by atoms with van der Waals surface area (Å²) in [6.45, 7) is 0.562. The molecule has 3 rings (SSSR count). The monoisotopic (exact) mass is 336 g/mol. The van der Waals surface area contributed by atoms with E-state index in [2.05, 4.69) is 54.6 Å². The summed E-state index contributed by atoms with van der Waals surface area (Å²) in [6.07, 6.45) is 2.13. The Morgan fingerprint density at radius 1 is 0.625 bits per heavy atom. The number of halogens is 1. The summed E-state index contributed by atoms with van der Waals surface area (Å²) in [7, 11) is 0. The number of rotatable bonds is 7. The summed E-state index contributed by atoms with van der Waals surface area (Å²) in [5.74, 6) is 1.33. The molecule has 0 aliphatic heterocycles. The van der Waals surface area contributed by atoms with Crippen LogP contribution in [0, 0.1) is 0 Å². The first-order chi connectivity index (χ1) is 11.8. The van der Waals surface area contributed by atoms with Gasteiger partial charge in [0.15, 0.2) is 0 Å². The van der Waals surface area contributed by atoms with Crippen molar-refractivity contribution in [3.8, 4) is 5.75 Å². The fraction of sp³-hybridized carbons (Fsp3) is 0.182. The smallest absolute Gasteiger partial charge is 0.124 e. The Morgan fingerprint density at radius 2 is 1.21 bits per heavy atom. The van der Waals surface area contributed by atoms with Crippen LogP contribution < -0.4 is 4.74 Å². The second kappa shape index (κ2) is 8.56. The lowest BCUT2D eigenvalue weighted by Gasteiger charge is -2.10. The van der Waals surface area contributed by atoms with Gasteiger partial charge < -0.3 is 4.74 Å². The molecule has 3 aromatic rings. The minimum atomic E-state index is 0.467. The van der Waals surface area contributed by atoms with Gasteiger partial charge >= 0.3 is 0 Å². The lowest BCUT2D eigenvalue weighted by atomic mass is 10.0. The SMILES string of the molecule is ClCc1ccccc1OCc1ccc(CCc2ccccc2)cc1. The molecule has 0 heterocycles. The average Bonchev–Trinajstić information content (AvgIpc) is 2.66. The van der Waals surface area contributed by atoms with Crippen LogP contribution in [0.2, 0.25) is 0 Å². The van der Waals surface area contributed by atoms with Gasteiger partial charge in [-0.25, -0.2) is 0 Å². The van der Waals surface area contributed by atoms with Gasteiger partial charge in [0.05, 0.1) is 5.88 Å². The highest BCUT2D eigenvalue weighted by atomic mass is 35.5. The Labute approximate surface area is 148 Å². The van der Waals surface area contributed by atoms with Crippen LogP contribution in [0.5, 0.6) is 5.75 Å². The van der Waals surface area contributed by atoms with E-state index >= 15 is 0 Å². The van der Waals surface area contributed by atoms with E-state index in [0.717, 1.165) is 24.2 Å². The Kier molecular flexibility index (Phi) is 5.92. The van der Waals surface area contributed by atoms with Gasteiger partial charge in [-0.2, -0.15) is 0 Å². The van der Waals surface area contributed by atoms with Crippen molar-refractivity contribution in [3.05, 3.63) is 101 Å². The van der Waals surface area contributed by atoms with Crippen LogP contribution >= 0.6 is 11.6 Å². The van der Waals surface area contributed by atoms with E-state index in [9.17, 15) is 0 Å². The predicted molar refractivity (Wildman–Crippen MR) is 101 cm³/mol. The Bertz CT molecular complexity index is 750. The molecule has 0 saturated heterocycles. The van der Waals surface area contributed by atoms with E-state index in [-0.39, 0.29) is 0 Å². The third kappa shape index (κ3) is 4.62. The number of hydrogen-bond donors (Lipinski definition) is 0. The number of alkyl halides is 1. The first-order valence-electron chi connectivity index (χ1n) is 8.23. The maximum Gasteiger partial charge on any atom is 0.124 e. The number of hydrogen-bond acceptors (Lipinski definition) is 1. The Balaban J connectivity index is 1.54. The molecule has 0 aromatic heterocycles. The first-order valence-corrected chi connectivity index (χ1v) is 8.77. The molecule has 0 saturated carbocycles. The van der Waals surface area contributed by atoms with Gasteiger partial charge in [0.2, 0.25) is 0 Å². The van der Waals surface area contributed by atoms with E-state index in [1.165, 1.54) is 16.7 Å². The molecule has 1 nitrogen and oxygen atoms in total. The summed E-state index contributed by atoms with van der Waals surface area (Å²) in [5.41, 5.74) is 4.92. The maximum absolute atomic E-state index is 5.94. The minimum absolute atomic E-state index is 0.467. The van der Waals surface area contributed by atoms with Crippen molar-refractivity contribution in [2.75, 3.05) is 0 Å². The molecule has 0 spiro atoms. The molecular formula is C22H21ClO. The van der Waals surface area contributed by atoms with Gasteiger partial charge in [-0.15, -0.1) is 11.6 Å². The highest BCUT2D eigenvalue weighted by Gasteiger charge is 2.02. The van der Waals surface area contributed by atoms with E-state index in [0.29, 0.717) is 12.5 Å². The molecule has 0 aliphatic rings. The van der Waals surface area contributed by atoms with Crippen molar-refractivity contribution < 1.29 is 4.74 Å².